The van der Waals surface area contributed by atoms with E-state index in [1.54, 1.807) is 12.0 Å². The number of anilines is 1. The number of benzene rings is 2. The highest BCUT2D eigenvalue weighted by Crippen LogP contribution is 2.39. The third-order valence-corrected chi connectivity index (χ3v) is 6.97. The van der Waals surface area contributed by atoms with Gasteiger partial charge in [-0.1, -0.05) is 24.3 Å². The van der Waals surface area contributed by atoms with E-state index in [0.29, 0.717) is 25.3 Å². The lowest BCUT2D eigenvalue weighted by atomic mass is 10.1. The number of nitrogens with one attached hydrogen (secondary N) is 1. The van der Waals surface area contributed by atoms with Gasteiger partial charge in [-0.25, -0.2) is 0 Å². The number of carbonyl (C=O) groups excluding carboxylic acids is 3. The molecular formula is C24H27N3O4S. The minimum Gasteiger partial charge on any atom is -0.497 e. The molecule has 4 rings (SSSR count). The Morgan fingerprint density at radius 1 is 1.06 bits per heavy atom. The molecule has 1 saturated heterocycles. The fourth-order valence-electron chi connectivity index (χ4n) is 3.96. The maximum Gasteiger partial charge on any atom is 0.250 e. The molecule has 7 nitrogen and oxygen atoms in total. The van der Waals surface area contributed by atoms with E-state index >= 15 is 0 Å². The Bertz CT molecular complexity index is 989. The minimum atomic E-state index is -0.850. The number of rotatable bonds is 6. The van der Waals surface area contributed by atoms with E-state index in [4.69, 9.17) is 4.74 Å². The molecule has 1 N–H and O–H groups in total. The summed E-state index contributed by atoms with van der Waals surface area (Å²) in [5.41, 5.74) is 1.60. The predicted octanol–water partition coefficient (Wildman–Crippen LogP) is 2.83. The molecule has 1 atom stereocenters. The molecular weight excluding hydrogens is 426 g/mol. The molecule has 0 radical (unpaired) electrons. The topological polar surface area (TPSA) is 79.0 Å². The molecule has 0 bridgehead atoms. The number of hydrogen-bond donors (Lipinski definition) is 1. The first-order chi connectivity index (χ1) is 15.6. The van der Waals surface area contributed by atoms with Crippen molar-refractivity contribution in [1.29, 1.82) is 0 Å². The van der Waals surface area contributed by atoms with Crippen LogP contribution in [0.2, 0.25) is 0 Å². The molecule has 0 unspecified atom stereocenters. The van der Waals surface area contributed by atoms with Crippen molar-refractivity contribution in [2.24, 2.45) is 0 Å². The van der Waals surface area contributed by atoms with Crippen LogP contribution in [0, 0.1) is 0 Å². The van der Waals surface area contributed by atoms with Crippen LogP contribution in [0.15, 0.2) is 53.4 Å². The van der Waals surface area contributed by atoms with Crippen molar-refractivity contribution in [3.63, 3.8) is 0 Å². The van der Waals surface area contributed by atoms with Crippen LogP contribution in [0.25, 0.3) is 0 Å². The van der Waals surface area contributed by atoms with Gasteiger partial charge >= 0.3 is 0 Å². The summed E-state index contributed by atoms with van der Waals surface area (Å²) in [6.07, 6.45) is 3.04. The Balaban J connectivity index is 1.46. The zero-order chi connectivity index (χ0) is 22.5. The second-order valence-corrected chi connectivity index (χ2v) is 9.05. The zero-order valence-electron chi connectivity index (χ0n) is 18.1. The molecule has 2 aliphatic rings. The number of para-hydroxylation sites is 1. The van der Waals surface area contributed by atoms with Crippen LogP contribution in [0.4, 0.5) is 5.69 Å². The van der Waals surface area contributed by atoms with Crippen LogP contribution >= 0.6 is 11.8 Å². The predicted molar refractivity (Wildman–Crippen MR) is 124 cm³/mol. The maximum absolute atomic E-state index is 13.3. The molecule has 2 aromatic carbocycles. The average molecular weight is 454 g/mol. The summed E-state index contributed by atoms with van der Waals surface area (Å²) in [4.78, 5) is 43.2. The van der Waals surface area contributed by atoms with Gasteiger partial charge in [0.05, 0.1) is 12.8 Å². The van der Waals surface area contributed by atoms with Crippen LogP contribution in [0.5, 0.6) is 5.75 Å². The first-order valence-electron chi connectivity index (χ1n) is 10.8. The highest BCUT2D eigenvalue weighted by atomic mass is 32.2. The lowest BCUT2D eigenvalue weighted by molar-refractivity contribution is -0.135. The molecule has 32 heavy (non-hydrogen) atoms. The number of thioether (sulfide) groups is 1. The third-order valence-electron chi connectivity index (χ3n) is 5.73. The number of methoxy groups -OCH3 is 1. The molecule has 0 aromatic heterocycles. The molecule has 3 amide bonds. The van der Waals surface area contributed by atoms with Crippen molar-refractivity contribution in [1.82, 2.24) is 10.2 Å². The molecule has 1 fully saturated rings. The van der Waals surface area contributed by atoms with E-state index in [1.165, 1.54) is 16.7 Å². The number of amides is 3. The van der Waals surface area contributed by atoms with Crippen molar-refractivity contribution < 1.29 is 19.1 Å². The lowest BCUT2D eigenvalue weighted by Gasteiger charge is -2.36. The Hall–Kier alpha value is -3.00. The first-order valence-corrected chi connectivity index (χ1v) is 11.7. The Morgan fingerprint density at radius 3 is 2.50 bits per heavy atom. The Kier molecular flexibility index (Phi) is 6.99. The summed E-state index contributed by atoms with van der Waals surface area (Å²) in [5, 5.41) is 2.02. The van der Waals surface area contributed by atoms with Crippen LogP contribution in [0.3, 0.4) is 0 Å². The fraction of sp³-hybridized carbons (Fsp3) is 0.375. The summed E-state index contributed by atoms with van der Waals surface area (Å²) >= 11 is 1.29. The van der Waals surface area contributed by atoms with Crippen LogP contribution in [-0.2, 0) is 20.9 Å². The van der Waals surface area contributed by atoms with Gasteiger partial charge in [-0.3, -0.25) is 14.4 Å². The van der Waals surface area contributed by atoms with Gasteiger partial charge in [0.15, 0.2) is 5.25 Å². The Labute approximate surface area is 192 Å². The third kappa shape index (κ3) is 4.91. The van der Waals surface area contributed by atoms with Crippen molar-refractivity contribution >= 4 is 35.2 Å². The number of nitrogens with zero attached hydrogens (tertiary/aromatic N) is 2. The SMILES string of the molecule is COc1ccc(CNC(=O)CN2C(=O)[C@H](C(=O)N3CCCCC3)Sc3ccccc32)cc1. The van der Waals surface area contributed by atoms with E-state index in [0.717, 1.165) is 35.5 Å². The van der Waals surface area contributed by atoms with Gasteiger partial charge in [-0.2, -0.15) is 0 Å². The average Bonchev–Trinajstić information content (AvgIpc) is 2.84. The largest absolute Gasteiger partial charge is 0.497 e. The smallest absolute Gasteiger partial charge is 0.250 e. The first kappa shape index (κ1) is 22.2. The van der Waals surface area contributed by atoms with Gasteiger partial charge in [0.1, 0.15) is 12.3 Å². The van der Waals surface area contributed by atoms with Crippen molar-refractivity contribution in [2.75, 3.05) is 31.6 Å². The van der Waals surface area contributed by atoms with E-state index < -0.39 is 5.25 Å². The number of likely N-dealkylation sites (tertiary alicyclic amines) is 1. The van der Waals surface area contributed by atoms with Gasteiger partial charge in [-0.15, -0.1) is 11.8 Å². The van der Waals surface area contributed by atoms with Gasteiger partial charge in [0, 0.05) is 24.5 Å². The number of hydrogen-bond acceptors (Lipinski definition) is 5. The molecule has 0 aliphatic carbocycles. The molecule has 168 valence electrons. The number of ether oxygens (including phenoxy) is 1. The summed E-state index contributed by atoms with van der Waals surface area (Å²) in [6, 6.07) is 14.9. The molecule has 0 saturated carbocycles. The second kappa shape index (κ2) is 10.1. The number of carbonyl (C=O) groups is 3. The highest BCUT2D eigenvalue weighted by molar-refractivity contribution is 8.01. The normalized spacial score (nSPS) is 18.2. The molecule has 2 aromatic rings. The Morgan fingerprint density at radius 2 is 1.78 bits per heavy atom. The molecule has 8 heteroatoms. The van der Waals surface area contributed by atoms with Gasteiger partial charge in [0.25, 0.3) is 5.91 Å². The van der Waals surface area contributed by atoms with Gasteiger partial charge < -0.3 is 19.9 Å². The summed E-state index contributed by atoms with van der Waals surface area (Å²) in [5.74, 6) is -0.0146. The number of fused-ring (bicyclic) bond motifs is 1. The van der Waals surface area contributed by atoms with E-state index in [2.05, 4.69) is 5.32 Å². The van der Waals surface area contributed by atoms with Crippen molar-refractivity contribution in [2.45, 2.75) is 36.0 Å². The fourth-order valence-corrected chi connectivity index (χ4v) is 5.15. The van der Waals surface area contributed by atoms with E-state index in [9.17, 15) is 14.4 Å². The van der Waals surface area contributed by atoms with Crippen molar-refractivity contribution in [3.05, 3.63) is 54.1 Å². The lowest BCUT2D eigenvalue weighted by Crippen LogP contribution is -2.52. The van der Waals surface area contributed by atoms with Crippen LogP contribution < -0.4 is 15.0 Å². The number of piperidine rings is 1. The summed E-state index contributed by atoms with van der Waals surface area (Å²) < 4.78 is 5.15. The quantitative estimate of drug-likeness (QED) is 0.681. The van der Waals surface area contributed by atoms with Crippen LogP contribution in [0.1, 0.15) is 24.8 Å². The molecule has 2 heterocycles. The highest BCUT2D eigenvalue weighted by Gasteiger charge is 2.40. The molecule has 2 aliphatic heterocycles. The molecule has 0 spiro atoms. The van der Waals surface area contributed by atoms with Crippen molar-refractivity contribution in [3.8, 4) is 5.75 Å². The summed E-state index contributed by atoms with van der Waals surface area (Å²) in [6.45, 7) is 1.59. The van der Waals surface area contributed by atoms with Gasteiger partial charge in [0.2, 0.25) is 11.8 Å². The monoisotopic (exact) mass is 453 g/mol. The van der Waals surface area contributed by atoms with E-state index in [-0.39, 0.29) is 24.3 Å². The van der Waals surface area contributed by atoms with E-state index in [1.807, 2.05) is 48.5 Å². The zero-order valence-corrected chi connectivity index (χ0v) is 18.9. The summed E-state index contributed by atoms with van der Waals surface area (Å²) in [7, 11) is 1.60. The maximum atomic E-state index is 13.3. The minimum absolute atomic E-state index is 0.129. The van der Waals surface area contributed by atoms with Gasteiger partial charge in [-0.05, 0) is 49.1 Å². The van der Waals surface area contributed by atoms with Crippen LogP contribution in [-0.4, -0.2) is 54.6 Å². The second-order valence-electron chi connectivity index (χ2n) is 7.90. The standard InChI is InChI=1S/C24H27N3O4S/c1-31-18-11-9-17(10-12-18)15-25-21(28)16-27-19-7-3-4-8-20(19)32-22(24(27)30)23(29)26-13-5-2-6-14-26/h3-4,7-12,22H,2,5-6,13-16H2,1H3,(H,25,28)/t22-/m0/s1.